The number of nitrogens with one attached hydrogen (secondary N) is 1. The molecule has 11 heavy (non-hydrogen) atoms. The van der Waals surface area contributed by atoms with Crippen LogP contribution in [0, 0.1) is 5.92 Å². The fraction of sp³-hybridized carbons (Fsp3) is 1.00. The van der Waals surface area contributed by atoms with Gasteiger partial charge < -0.3 is 0 Å². The molecule has 0 aromatic rings. The van der Waals surface area contributed by atoms with Crippen molar-refractivity contribution in [1.82, 2.24) is 5.43 Å². The molecule has 0 spiro atoms. The Morgan fingerprint density at radius 1 is 1.45 bits per heavy atom. The Hall–Kier alpha value is -0.0800. The van der Waals surface area contributed by atoms with E-state index < -0.39 is 0 Å². The molecule has 1 rings (SSSR count). The van der Waals surface area contributed by atoms with Gasteiger partial charge in [-0.05, 0) is 25.2 Å². The summed E-state index contributed by atoms with van der Waals surface area (Å²) in [6.07, 6.45) is 8.06. The number of hydrogen-bond donors (Lipinski definition) is 2. The van der Waals surface area contributed by atoms with Gasteiger partial charge in [0, 0.05) is 6.04 Å². The molecule has 0 bridgehead atoms. The van der Waals surface area contributed by atoms with Gasteiger partial charge in [0.25, 0.3) is 0 Å². The van der Waals surface area contributed by atoms with Crippen LogP contribution >= 0.6 is 0 Å². The summed E-state index contributed by atoms with van der Waals surface area (Å²) in [4.78, 5) is 0. The highest BCUT2D eigenvalue weighted by atomic mass is 15.2. The van der Waals surface area contributed by atoms with Crippen LogP contribution in [-0.4, -0.2) is 6.04 Å². The first-order chi connectivity index (χ1) is 5.38. The van der Waals surface area contributed by atoms with Crippen LogP contribution in [0.3, 0.4) is 0 Å². The lowest BCUT2D eigenvalue weighted by atomic mass is 9.95. The quantitative estimate of drug-likeness (QED) is 0.481. The predicted octanol–water partition coefficient (Wildman–Crippen LogP) is 1.81. The van der Waals surface area contributed by atoms with Crippen LogP contribution in [-0.2, 0) is 0 Å². The maximum atomic E-state index is 5.49. The smallest absolute Gasteiger partial charge is 0.0238 e. The summed E-state index contributed by atoms with van der Waals surface area (Å²) in [6, 6.07) is 0.586. The van der Waals surface area contributed by atoms with Crippen molar-refractivity contribution in [3.63, 3.8) is 0 Å². The van der Waals surface area contributed by atoms with Crippen molar-refractivity contribution in [3.8, 4) is 0 Å². The minimum absolute atomic E-state index is 0.586. The van der Waals surface area contributed by atoms with Gasteiger partial charge in [0.05, 0.1) is 0 Å². The zero-order valence-corrected chi connectivity index (χ0v) is 7.47. The second-order valence-electron chi connectivity index (χ2n) is 3.61. The van der Waals surface area contributed by atoms with E-state index in [4.69, 9.17) is 5.84 Å². The molecule has 0 aromatic carbocycles. The SMILES string of the molecule is CCCC(NN)C1CCCC1. The van der Waals surface area contributed by atoms with Crippen molar-refractivity contribution in [2.75, 3.05) is 0 Å². The average molecular weight is 156 g/mol. The first-order valence-corrected chi connectivity index (χ1v) is 4.84. The van der Waals surface area contributed by atoms with Crippen LogP contribution in [0.15, 0.2) is 0 Å². The molecule has 0 saturated heterocycles. The Labute approximate surface area is 69.5 Å². The highest BCUT2D eigenvalue weighted by Crippen LogP contribution is 2.28. The summed E-state index contributed by atoms with van der Waals surface area (Å²) in [7, 11) is 0. The molecule has 2 nitrogen and oxygen atoms in total. The van der Waals surface area contributed by atoms with Gasteiger partial charge in [-0.1, -0.05) is 26.2 Å². The first kappa shape index (κ1) is 9.01. The molecule has 1 unspecified atom stereocenters. The highest BCUT2D eigenvalue weighted by Gasteiger charge is 2.22. The Morgan fingerprint density at radius 3 is 2.55 bits per heavy atom. The maximum absolute atomic E-state index is 5.49. The average Bonchev–Trinajstić information content (AvgIpc) is 2.52. The molecule has 1 atom stereocenters. The van der Waals surface area contributed by atoms with E-state index in [1.54, 1.807) is 0 Å². The predicted molar refractivity (Wildman–Crippen MR) is 48.0 cm³/mol. The molecule has 66 valence electrons. The van der Waals surface area contributed by atoms with Gasteiger partial charge in [0.2, 0.25) is 0 Å². The monoisotopic (exact) mass is 156 g/mol. The minimum atomic E-state index is 0.586. The molecule has 0 aliphatic heterocycles. The van der Waals surface area contributed by atoms with Crippen LogP contribution in [0.4, 0.5) is 0 Å². The van der Waals surface area contributed by atoms with E-state index in [9.17, 15) is 0 Å². The summed E-state index contributed by atoms with van der Waals surface area (Å²) in [5.74, 6) is 6.35. The third kappa shape index (κ3) is 2.46. The van der Waals surface area contributed by atoms with Crippen LogP contribution in [0.2, 0.25) is 0 Å². The van der Waals surface area contributed by atoms with E-state index in [0.29, 0.717) is 6.04 Å². The maximum Gasteiger partial charge on any atom is 0.0238 e. The Bertz CT molecular complexity index is 97.7. The van der Waals surface area contributed by atoms with Gasteiger partial charge in [0.1, 0.15) is 0 Å². The largest absolute Gasteiger partial charge is 0.271 e. The van der Waals surface area contributed by atoms with Crippen LogP contribution in [0.25, 0.3) is 0 Å². The van der Waals surface area contributed by atoms with Crippen molar-refractivity contribution >= 4 is 0 Å². The van der Waals surface area contributed by atoms with Crippen molar-refractivity contribution in [3.05, 3.63) is 0 Å². The Kier molecular flexibility index (Phi) is 3.87. The van der Waals surface area contributed by atoms with Gasteiger partial charge in [-0.15, -0.1) is 0 Å². The molecule has 2 heteroatoms. The summed E-state index contributed by atoms with van der Waals surface area (Å²) in [5.41, 5.74) is 2.94. The van der Waals surface area contributed by atoms with Crippen LogP contribution in [0.5, 0.6) is 0 Å². The summed E-state index contributed by atoms with van der Waals surface area (Å²) in [5, 5.41) is 0. The highest BCUT2D eigenvalue weighted by molar-refractivity contribution is 4.78. The summed E-state index contributed by atoms with van der Waals surface area (Å²) in [6.45, 7) is 2.22. The van der Waals surface area contributed by atoms with Crippen molar-refractivity contribution in [2.24, 2.45) is 11.8 Å². The molecular formula is C9H20N2. The third-order valence-corrected chi connectivity index (χ3v) is 2.78. The van der Waals surface area contributed by atoms with Gasteiger partial charge in [-0.3, -0.25) is 11.3 Å². The fourth-order valence-electron chi connectivity index (χ4n) is 2.13. The van der Waals surface area contributed by atoms with E-state index in [-0.39, 0.29) is 0 Å². The fourth-order valence-corrected chi connectivity index (χ4v) is 2.13. The van der Waals surface area contributed by atoms with Crippen molar-refractivity contribution in [1.29, 1.82) is 0 Å². The van der Waals surface area contributed by atoms with Crippen LogP contribution in [0.1, 0.15) is 45.4 Å². The zero-order valence-electron chi connectivity index (χ0n) is 7.47. The first-order valence-electron chi connectivity index (χ1n) is 4.84. The molecule has 0 heterocycles. The van der Waals surface area contributed by atoms with Gasteiger partial charge in [-0.2, -0.15) is 0 Å². The third-order valence-electron chi connectivity index (χ3n) is 2.78. The normalized spacial score (nSPS) is 22.4. The molecule has 1 aliphatic carbocycles. The summed E-state index contributed by atoms with van der Waals surface area (Å²) >= 11 is 0. The second-order valence-corrected chi connectivity index (χ2v) is 3.61. The molecule has 1 aliphatic rings. The van der Waals surface area contributed by atoms with Crippen molar-refractivity contribution in [2.45, 2.75) is 51.5 Å². The second kappa shape index (κ2) is 4.73. The van der Waals surface area contributed by atoms with E-state index in [1.807, 2.05) is 0 Å². The van der Waals surface area contributed by atoms with Crippen LogP contribution < -0.4 is 11.3 Å². The van der Waals surface area contributed by atoms with E-state index in [0.717, 1.165) is 5.92 Å². The number of hydrogen-bond acceptors (Lipinski definition) is 2. The summed E-state index contributed by atoms with van der Waals surface area (Å²) < 4.78 is 0. The molecule has 0 aromatic heterocycles. The minimum Gasteiger partial charge on any atom is -0.271 e. The Balaban J connectivity index is 2.27. The van der Waals surface area contributed by atoms with Gasteiger partial charge >= 0.3 is 0 Å². The zero-order chi connectivity index (χ0) is 8.10. The lowest BCUT2D eigenvalue weighted by Crippen LogP contribution is -2.39. The van der Waals surface area contributed by atoms with E-state index >= 15 is 0 Å². The van der Waals surface area contributed by atoms with Gasteiger partial charge in [-0.25, -0.2) is 0 Å². The standard InChI is InChI=1S/C9H20N2/c1-2-5-9(11-10)8-6-3-4-7-8/h8-9,11H,2-7,10H2,1H3. The van der Waals surface area contributed by atoms with Gasteiger partial charge in [0.15, 0.2) is 0 Å². The lowest BCUT2D eigenvalue weighted by Gasteiger charge is -2.21. The topological polar surface area (TPSA) is 38.0 Å². The van der Waals surface area contributed by atoms with E-state index in [2.05, 4.69) is 12.3 Å². The number of nitrogens with two attached hydrogens (primary N) is 1. The number of rotatable bonds is 4. The number of hydrazine groups is 1. The molecule has 1 fully saturated rings. The Morgan fingerprint density at radius 2 is 2.09 bits per heavy atom. The van der Waals surface area contributed by atoms with E-state index in [1.165, 1.54) is 38.5 Å². The van der Waals surface area contributed by atoms with Crippen molar-refractivity contribution < 1.29 is 0 Å². The molecule has 3 N–H and O–H groups in total. The lowest BCUT2D eigenvalue weighted by molar-refractivity contribution is 0.342. The molecule has 0 amide bonds. The molecular weight excluding hydrogens is 136 g/mol. The molecule has 1 saturated carbocycles. The molecule has 0 radical (unpaired) electrons.